The summed E-state index contributed by atoms with van der Waals surface area (Å²) < 4.78 is 0. The topological polar surface area (TPSA) is 3.24 Å². The van der Waals surface area contributed by atoms with Gasteiger partial charge in [-0.05, 0) is 126 Å². The van der Waals surface area contributed by atoms with Crippen molar-refractivity contribution in [3.8, 4) is 66.8 Å². The highest BCUT2D eigenvalue weighted by atomic mass is 15.1. The molecule has 9 aromatic carbocycles. The first-order chi connectivity index (χ1) is 31.2. The number of hydrogen-bond acceptors (Lipinski definition) is 1. The third-order valence-electron chi connectivity index (χ3n) is 13.4. The maximum Gasteiger partial charge on any atom is 0.0546 e. The zero-order valence-corrected chi connectivity index (χ0v) is 37.8. The van der Waals surface area contributed by atoms with Gasteiger partial charge in [0.05, 0.1) is 5.69 Å². The van der Waals surface area contributed by atoms with Crippen LogP contribution in [0.15, 0.2) is 212 Å². The quantitative estimate of drug-likeness (QED) is 0.133. The lowest BCUT2D eigenvalue weighted by atomic mass is 9.77. The first-order valence-electron chi connectivity index (χ1n) is 22.9. The van der Waals surface area contributed by atoms with Gasteiger partial charge in [0.2, 0.25) is 0 Å². The Bertz CT molecular complexity index is 3100. The van der Waals surface area contributed by atoms with Crippen LogP contribution in [0.5, 0.6) is 0 Å². The Morgan fingerprint density at radius 2 is 0.859 bits per heavy atom. The van der Waals surface area contributed by atoms with Gasteiger partial charge in [0.1, 0.15) is 0 Å². The number of fused-ring (bicyclic) bond motifs is 3. The number of benzene rings is 9. The van der Waals surface area contributed by atoms with Gasteiger partial charge >= 0.3 is 0 Å². The van der Waals surface area contributed by atoms with Gasteiger partial charge < -0.3 is 4.90 Å². The van der Waals surface area contributed by atoms with Crippen LogP contribution in [-0.4, -0.2) is 0 Å². The molecule has 0 radical (unpaired) electrons. The van der Waals surface area contributed by atoms with Crippen LogP contribution >= 0.6 is 0 Å². The van der Waals surface area contributed by atoms with Crippen molar-refractivity contribution in [3.63, 3.8) is 0 Å². The summed E-state index contributed by atoms with van der Waals surface area (Å²) in [5.74, 6) is 0.856. The lowest BCUT2D eigenvalue weighted by Crippen LogP contribution is -2.19. The fourth-order valence-electron chi connectivity index (χ4n) is 10.2. The maximum absolute atomic E-state index is 2.52. The van der Waals surface area contributed by atoms with E-state index in [-0.39, 0.29) is 5.41 Å². The van der Waals surface area contributed by atoms with Crippen LogP contribution < -0.4 is 4.90 Å². The van der Waals surface area contributed by atoms with Crippen LogP contribution in [0.2, 0.25) is 0 Å². The Kier molecular flexibility index (Phi) is 10.7. The van der Waals surface area contributed by atoms with Gasteiger partial charge in [-0.3, -0.25) is 0 Å². The number of rotatable bonds is 10. The molecule has 64 heavy (non-hydrogen) atoms. The van der Waals surface area contributed by atoms with Crippen molar-refractivity contribution in [3.05, 3.63) is 235 Å². The van der Waals surface area contributed by atoms with Crippen molar-refractivity contribution >= 4 is 17.1 Å². The highest BCUT2D eigenvalue weighted by Crippen LogP contribution is 2.55. The minimum Gasteiger partial charge on any atom is -0.310 e. The Balaban J connectivity index is 1.26. The molecule has 9 aromatic rings. The molecule has 0 bridgehead atoms. The van der Waals surface area contributed by atoms with E-state index in [0.29, 0.717) is 11.8 Å². The van der Waals surface area contributed by atoms with Crippen molar-refractivity contribution in [2.24, 2.45) is 0 Å². The lowest BCUT2D eigenvalue weighted by molar-refractivity contribution is 0.641. The number of anilines is 3. The van der Waals surface area contributed by atoms with Gasteiger partial charge in [-0.1, -0.05) is 224 Å². The molecule has 1 heteroatoms. The average Bonchev–Trinajstić information content (AvgIpc) is 3.57. The van der Waals surface area contributed by atoms with E-state index in [0.717, 1.165) is 17.1 Å². The zero-order chi connectivity index (χ0) is 44.0. The van der Waals surface area contributed by atoms with Crippen molar-refractivity contribution in [2.45, 2.75) is 58.8 Å². The second-order valence-electron chi connectivity index (χ2n) is 18.5. The highest BCUT2D eigenvalue weighted by Gasteiger charge is 2.39. The second-order valence-corrected chi connectivity index (χ2v) is 18.5. The van der Waals surface area contributed by atoms with Crippen molar-refractivity contribution in [2.75, 3.05) is 4.90 Å². The van der Waals surface area contributed by atoms with E-state index in [9.17, 15) is 0 Å². The summed E-state index contributed by atoms with van der Waals surface area (Å²) in [6, 6.07) is 78.5. The first-order valence-corrected chi connectivity index (χ1v) is 22.9. The molecule has 0 saturated carbocycles. The summed E-state index contributed by atoms with van der Waals surface area (Å²) in [7, 11) is 0. The van der Waals surface area contributed by atoms with Crippen LogP contribution in [-0.2, 0) is 5.41 Å². The normalized spacial score (nSPS) is 12.6. The van der Waals surface area contributed by atoms with E-state index in [1.807, 2.05) is 0 Å². The summed E-state index contributed by atoms with van der Waals surface area (Å²) >= 11 is 0. The molecule has 0 saturated heterocycles. The van der Waals surface area contributed by atoms with Gasteiger partial charge in [-0.15, -0.1) is 0 Å². The SMILES string of the molecule is CC(C)c1cc2c(c(C(C)C)c1)C(C)(C)c1cc(N(c3ccc(-c4ccccc4)cc3)c3cccc(-c4ccccc4-c4ccccc4)c3-c3ccccc3-c3ccccc3)ccc1-2. The molecule has 0 spiro atoms. The van der Waals surface area contributed by atoms with Crippen LogP contribution in [0.1, 0.15) is 75.6 Å². The Labute approximate surface area is 380 Å². The molecular formula is C63H55N. The maximum atomic E-state index is 2.52. The number of nitrogens with zero attached hydrogens (tertiary/aromatic N) is 1. The molecule has 0 atom stereocenters. The Morgan fingerprint density at radius 1 is 0.359 bits per heavy atom. The van der Waals surface area contributed by atoms with Gasteiger partial charge in [-0.2, -0.15) is 0 Å². The monoisotopic (exact) mass is 825 g/mol. The van der Waals surface area contributed by atoms with E-state index in [1.54, 1.807) is 0 Å². The molecule has 1 aliphatic carbocycles. The molecule has 1 nitrogen and oxygen atoms in total. The van der Waals surface area contributed by atoms with Crippen LogP contribution in [0.4, 0.5) is 17.1 Å². The van der Waals surface area contributed by atoms with E-state index < -0.39 is 0 Å². The van der Waals surface area contributed by atoms with Crippen LogP contribution in [0.25, 0.3) is 66.8 Å². The molecule has 312 valence electrons. The fraction of sp³-hybridized carbons (Fsp3) is 0.143. The summed E-state index contributed by atoms with van der Waals surface area (Å²) in [6.07, 6.45) is 0. The molecule has 0 amide bonds. The third kappa shape index (κ3) is 7.25. The van der Waals surface area contributed by atoms with E-state index >= 15 is 0 Å². The van der Waals surface area contributed by atoms with Gasteiger partial charge in [0, 0.05) is 22.4 Å². The number of hydrogen-bond donors (Lipinski definition) is 0. The van der Waals surface area contributed by atoms with E-state index in [2.05, 4.69) is 259 Å². The molecule has 0 heterocycles. The smallest absolute Gasteiger partial charge is 0.0546 e. The minimum atomic E-state index is -0.197. The summed E-state index contributed by atoms with van der Waals surface area (Å²) in [4.78, 5) is 2.52. The van der Waals surface area contributed by atoms with Gasteiger partial charge in [-0.25, -0.2) is 0 Å². The third-order valence-corrected chi connectivity index (χ3v) is 13.4. The van der Waals surface area contributed by atoms with Crippen LogP contribution in [0.3, 0.4) is 0 Å². The van der Waals surface area contributed by atoms with Crippen molar-refractivity contribution in [1.82, 2.24) is 0 Å². The van der Waals surface area contributed by atoms with Gasteiger partial charge in [0.25, 0.3) is 0 Å². The Morgan fingerprint density at radius 3 is 1.45 bits per heavy atom. The molecule has 0 aromatic heterocycles. The summed E-state index contributed by atoms with van der Waals surface area (Å²) in [6.45, 7) is 14.2. The van der Waals surface area contributed by atoms with E-state index in [4.69, 9.17) is 0 Å². The van der Waals surface area contributed by atoms with E-state index in [1.165, 1.54) is 89.0 Å². The molecule has 0 N–H and O–H groups in total. The minimum absolute atomic E-state index is 0.197. The zero-order valence-electron chi connectivity index (χ0n) is 37.8. The largest absolute Gasteiger partial charge is 0.310 e. The molecule has 0 aliphatic heterocycles. The molecule has 0 fully saturated rings. The van der Waals surface area contributed by atoms with Gasteiger partial charge in [0.15, 0.2) is 0 Å². The Hall–Kier alpha value is -7.22. The predicted octanol–water partition coefficient (Wildman–Crippen LogP) is 18.0. The molecule has 0 unspecified atom stereocenters. The van der Waals surface area contributed by atoms with Crippen molar-refractivity contribution in [1.29, 1.82) is 0 Å². The molecule has 10 rings (SSSR count). The summed E-state index contributed by atoms with van der Waals surface area (Å²) in [5.41, 5.74) is 23.5. The molecular weight excluding hydrogens is 771 g/mol. The highest BCUT2D eigenvalue weighted by molar-refractivity contribution is 6.03. The second kappa shape index (κ2) is 16.8. The standard InChI is InChI=1S/C63H55N/c1-42(2)48-39-57(43(3)4)62-58(40-48)54-38-37-50(41-59(54)63(62,5)6)64(49-35-33-45(34-36-49)44-21-10-7-11-22-44)60-32-20-31-56(53-29-18-16-27-51(53)46-23-12-8-13-24-46)61(60)55-30-19-17-28-52(55)47-25-14-9-15-26-47/h7-43H,1-6H3. The summed E-state index contributed by atoms with van der Waals surface area (Å²) in [5, 5.41) is 0. The van der Waals surface area contributed by atoms with Crippen LogP contribution in [0, 0.1) is 0 Å². The lowest BCUT2D eigenvalue weighted by Gasteiger charge is -2.32. The first kappa shape index (κ1) is 40.8. The predicted molar refractivity (Wildman–Crippen MR) is 274 cm³/mol. The molecule has 1 aliphatic rings. The van der Waals surface area contributed by atoms with Crippen molar-refractivity contribution < 1.29 is 0 Å². The fourth-order valence-corrected chi connectivity index (χ4v) is 10.2. The average molecular weight is 826 g/mol.